The fourth-order valence-corrected chi connectivity index (χ4v) is 3.31. The summed E-state index contributed by atoms with van der Waals surface area (Å²) < 4.78 is 28.8. The SMILES string of the molecule is CC(C)Nc1ccccc1-c1cc(F)c(SCCCC(=O)O)c(F)c1. The van der Waals surface area contributed by atoms with Crippen LogP contribution < -0.4 is 5.32 Å². The molecule has 6 heteroatoms. The van der Waals surface area contributed by atoms with Gasteiger partial charge in [-0.3, -0.25) is 4.79 Å². The molecule has 0 radical (unpaired) electrons. The summed E-state index contributed by atoms with van der Waals surface area (Å²) in [4.78, 5) is 10.4. The summed E-state index contributed by atoms with van der Waals surface area (Å²) in [6, 6.07) is 10.2. The highest BCUT2D eigenvalue weighted by atomic mass is 32.2. The van der Waals surface area contributed by atoms with Gasteiger partial charge in [-0.2, -0.15) is 0 Å². The molecule has 2 aromatic carbocycles. The molecular formula is C19H21F2NO2S. The molecule has 0 saturated heterocycles. The van der Waals surface area contributed by atoms with Crippen molar-refractivity contribution in [2.45, 2.75) is 37.6 Å². The van der Waals surface area contributed by atoms with Gasteiger partial charge in [0.25, 0.3) is 0 Å². The Morgan fingerprint density at radius 2 is 1.84 bits per heavy atom. The normalized spacial score (nSPS) is 10.9. The average molecular weight is 365 g/mol. The van der Waals surface area contributed by atoms with Crippen molar-refractivity contribution in [2.24, 2.45) is 0 Å². The number of hydrogen-bond donors (Lipinski definition) is 2. The molecular weight excluding hydrogens is 344 g/mol. The van der Waals surface area contributed by atoms with Gasteiger partial charge in [0.2, 0.25) is 0 Å². The van der Waals surface area contributed by atoms with Crippen LogP contribution in [-0.4, -0.2) is 22.9 Å². The number of benzene rings is 2. The van der Waals surface area contributed by atoms with Gasteiger partial charge < -0.3 is 10.4 Å². The molecule has 0 spiro atoms. The summed E-state index contributed by atoms with van der Waals surface area (Å²) in [5.41, 5.74) is 2.02. The van der Waals surface area contributed by atoms with E-state index in [1.165, 1.54) is 12.1 Å². The molecule has 0 aliphatic rings. The first-order valence-electron chi connectivity index (χ1n) is 8.08. The Bertz CT molecular complexity index is 727. The van der Waals surface area contributed by atoms with Gasteiger partial charge in [0.15, 0.2) is 0 Å². The zero-order valence-corrected chi connectivity index (χ0v) is 15.0. The zero-order valence-electron chi connectivity index (χ0n) is 14.2. The van der Waals surface area contributed by atoms with E-state index in [1.54, 1.807) is 0 Å². The number of para-hydroxylation sites is 1. The lowest BCUT2D eigenvalue weighted by atomic mass is 10.0. The van der Waals surface area contributed by atoms with Crippen LogP contribution in [0, 0.1) is 11.6 Å². The molecule has 0 saturated carbocycles. The van der Waals surface area contributed by atoms with E-state index in [9.17, 15) is 13.6 Å². The van der Waals surface area contributed by atoms with Gasteiger partial charge in [-0.15, -0.1) is 11.8 Å². The first-order chi connectivity index (χ1) is 11.9. The fourth-order valence-electron chi connectivity index (χ4n) is 2.42. The van der Waals surface area contributed by atoms with Crippen molar-refractivity contribution in [3.05, 3.63) is 48.0 Å². The molecule has 0 fully saturated rings. The predicted molar refractivity (Wildman–Crippen MR) is 98.1 cm³/mol. The molecule has 0 aliphatic heterocycles. The Morgan fingerprint density at radius 1 is 1.20 bits per heavy atom. The van der Waals surface area contributed by atoms with Gasteiger partial charge >= 0.3 is 5.97 Å². The second kappa shape index (κ2) is 8.85. The highest BCUT2D eigenvalue weighted by molar-refractivity contribution is 7.99. The molecule has 2 N–H and O–H groups in total. The minimum atomic E-state index is -0.911. The summed E-state index contributed by atoms with van der Waals surface area (Å²) in [6.45, 7) is 3.99. The number of anilines is 1. The number of rotatable bonds is 8. The van der Waals surface area contributed by atoms with E-state index < -0.39 is 17.6 Å². The maximum atomic E-state index is 14.4. The van der Waals surface area contributed by atoms with Crippen LogP contribution in [0.4, 0.5) is 14.5 Å². The number of carboxylic acid groups (broad SMARTS) is 1. The number of hydrogen-bond acceptors (Lipinski definition) is 3. The van der Waals surface area contributed by atoms with Gasteiger partial charge in [0.1, 0.15) is 11.6 Å². The second-order valence-corrected chi connectivity index (χ2v) is 7.06. The van der Waals surface area contributed by atoms with Gasteiger partial charge in [-0.1, -0.05) is 18.2 Å². The summed E-state index contributed by atoms with van der Waals surface area (Å²) in [5.74, 6) is -1.82. The van der Waals surface area contributed by atoms with Crippen molar-refractivity contribution in [3.8, 4) is 11.1 Å². The van der Waals surface area contributed by atoms with Gasteiger partial charge in [0.05, 0.1) is 4.90 Å². The second-order valence-electron chi connectivity index (χ2n) is 5.96. The largest absolute Gasteiger partial charge is 0.481 e. The molecule has 2 aromatic rings. The predicted octanol–water partition coefficient (Wildman–Crippen LogP) is 5.41. The molecule has 25 heavy (non-hydrogen) atoms. The maximum Gasteiger partial charge on any atom is 0.303 e. The van der Waals surface area contributed by atoms with Gasteiger partial charge in [0, 0.05) is 23.7 Å². The van der Waals surface area contributed by atoms with Gasteiger partial charge in [-0.05, 0) is 49.8 Å². The van der Waals surface area contributed by atoms with Crippen LogP contribution in [0.1, 0.15) is 26.7 Å². The van der Waals surface area contributed by atoms with E-state index in [2.05, 4.69) is 5.32 Å². The third kappa shape index (κ3) is 5.46. The molecule has 0 unspecified atom stereocenters. The summed E-state index contributed by atoms with van der Waals surface area (Å²) in [5, 5.41) is 11.9. The summed E-state index contributed by atoms with van der Waals surface area (Å²) in [6.07, 6.45) is 0.352. The molecule has 0 aliphatic carbocycles. The molecule has 2 rings (SSSR count). The van der Waals surface area contributed by atoms with Crippen LogP contribution in [-0.2, 0) is 4.79 Å². The minimum absolute atomic E-state index is 0.0113. The topological polar surface area (TPSA) is 49.3 Å². The van der Waals surface area contributed by atoms with Crippen molar-refractivity contribution < 1.29 is 18.7 Å². The third-order valence-electron chi connectivity index (χ3n) is 3.46. The Hall–Kier alpha value is -2.08. The van der Waals surface area contributed by atoms with E-state index in [1.807, 2.05) is 38.1 Å². The molecule has 0 heterocycles. The lowest BCUT2D eigenvalue weighted by Gasteiger charge is -2.16. The van der Waals surface area contributed by atoms with Crippen molar-refractivity contribution >= 4 is 23.4 Å². The molecule has 0 amide bonds. The van der Waals surface area contributed by atoms with E-state index in [4.69, 9.17) is 5.11 Å². The van der Waals surface area contributed by atoms with E-state index in [0.717, 1.165) is 23.0 Å². The highest BCUT2D eigenvalue weighted by Gasteiger charge is 2.15. The number of carbonyl (C=O) groups is 1. The molecule has 0 atom stereocenters. The van der Waals surface area contributed by atoms with Crippen molar-refractivity contribution in [3.63, 3.8) is 0 Å². The Kier molecular flexibility index (Phi) is 6.82. The first-order valence-corrected chi connectivity index (χ1v) is 9.06. The summed E-state index contributed by atoms with van der Waals surface area (Å²) in [7, 11) is 0. The number of halogens is 2. The van der Waals surface area contributed by atoms with Crippen LogP contribution >= 0.6 is 11.8 Å². The van der Waals surface area contributed by atoms with Crippen molar-refractivity contribution in [1.29, 1.82) is 0 Å². The Balaban J connectivity index is 2.23. The molecule has 3 nitrogen and oxygen atoms in total. The maximum absolute atomic E-state index is 14.4. The number of thioether (sulfide) groups is 1. The Labute approximate surface area is 150 Å². The van der Waals surface area contributed by atoms with Crippen LogP contribution in [0.25, 0.3) is 11.1 Å². The zero-order chi connectivity index (χ0) is 18.4. The minimum Gasteiger partial charge on any atom is -0.481 e. The number of nitrogens with one attached hydrogen (secondary N) is 1. The first kappa shape index (κ1) is 19.2. The molecule has 0 aromatic heterocycles. The monoisotopic (exact) mass is 365 g/mol. The average Bonchev–Trinajstić information content (AvgIpc) is 2.53. The number of carboxylic acids is 1. The molecule has 134 valence electrons. The quantitative estimate of drug-likeness (QED) is 0.485. The standard InChI is InChI=1S/C19H21F2NO2S/c1-12(2)22-17-7-4-3-6-14(17)13-10-15(20)19(16(21)11-13)25-9-5-8-18(23)24/h3-4,6-7,10-12,22H,5,8-9H2,1-2H3,(H,23,24). The van der Waals surface area contributed by atoms with Crippen LogP contribution in [0.5, 0.6) is 0 Å². The fraction of sp³-hybridized carbons (Fsp3) is 0.316. The van der Waals surface area contributed by atoms with Crippen molar-refractivity contribution in [1.82, 2.24) is 0 Å². The lowest BCUT2D eigenvalue weighted by molar-refractivity contribution is -0.137. The number of aliphatic carboxylic acids is 1. The third-order valence-corrected chi connectivity index (χ3v) is 4.63. The smallest absolute Gasteiger partial charge is 0.303 e. The highest BCUT2D eigenvalue weighted by Crippen LogP contribution is 2.34. The molecule has 0 bridgehead atoms. The lowest BCUT2D eigenvalue weighted by Crippen LogP contribution is -2.10. The van der Waals surface area contributed by atoms with E-state index in [0.29, 0.717) is 17.7 Å². The van der Waals surface area contributed by atoms with E-state index in [-0.39, 0.29) is 17.4 Å². The summed E-state index contributed by atoms with van der Waals surface area (Å²) >= 11 is 1.01. The Morgan fingerprint density at radius 3 is 2.44 bits per heavy atom. The van der Waals surface area contributed by atoms with Crippen LogP contribution in [0.15, 0.2) is 41.3 Å². The van der Waals surface area contributed by atoms with Gasteiger partial charge in [-0.25, -0.2) is 8.78 Å². The van der Waals surface area contributed by atoms with Crippen LogP contribution in [0.3, 0.4) is 0 Å². The van der Waals surface area contributed by atoms with Crippen molar-refractivity contribution in [2.75, 3.05) is 11.1 Å². The van der Waals surface area contributed by atoms with Crippen LogP contribution in [0.2, 0.25) is 0 Å². The van der Waals surface area contributed by atoms with E-state index >= 15 is 0 Å².